The number of guanidine groups is 1. The summed E-state index contributed by atoms with van der Waals surface area (Å²) < 4.78 is 0. The molecule has 0 spiro atoms. The molecule has 0 atom stereocenters. The van der Waals surface area contributed by atoms with Gasteiger partial charge in [-0.05, 0) is 35.2 Å². The summed E-state index contributed by atoms with van der Waals surface area (Å²) in [6, 6.07) is 16.8. The SMILES string of the molecule is CCc1ccccc1CNC(=NC)NCc1ccc(N2CCNC(=O)C2)cc1. The van der Waals surface area contributed by atoms with Gasteiger partial charge in [0.25, 0.3) is 0 Å². The maximum absolute atomic E-state index is 11.5. The van der Waals surface area contributed by atoms with Crippen LogP contribution in [0.2, 0.25) is 0 Å². The highest BCUT2D eigenvalue weighted by molar-refractivity contribution is 5.82. The molecular formula is C22H29N5O. The van der Waals surface area contributed by atoms with Crippen LogP contribution >= 0.6 is 0 Å². The van der Waals surface area contributed by atoms with Crippen LogP contribution < -0.4 is 20.9 Å². The van der Waals surface area contributed by atoms with Crippen LogP contribution in [0.5, 0.6) is 0 Å². The molecule has 0 saturated carbocycles. The Morgan fingerprint density at radius 3 is 2.46 bits per heavy atom. The molecule has 0 aliphatic carbocycles. The van der Waals surface area contributed by atoms with E-state index < -0.39 is 0 Å². The number of carbonyl (C=O) groups excluding carboxylic acids is 1. The van der Waals surface area contributed by atoms with Crippen molar-refractivity contribution in [2.24, 2.45) is 4.99 Å². The van der Waals surface area contributed by atoms with E-state index in [0.29, 0.717) is 19.6 Å². The average molecular weight is 380 g/mol. The van der Waals surface area contributed by atoms with E-state index in [0.717, 1.165) is 31.2 Å². The van der Waals surface area contributed by atoms with E-state index in [2.05, 4.69) is 81.3 Å². The summed E-state index contributed by atoms with van der Waals surface area (Å²) in [4.78, 5) is 18.0. The number of aliphatic imine (C=N–C) groups is 1. The molecule has 148 valence electrons. The number of hydrogen-bond acceptors (Lipinski definition) is 3. The van der Waals surface area contributed by atoms with E-state index in [1.54, 1.807) is 7.05 Å². The maximum atomic E-state index is 11.5. The largest absolute Gasteiger partial charge is 0.360 e. The van der Waals surface area contributed by atoms with Crippen LogP contribution in [0.25, 0.3) is 0 Å². The number of nitrogens with one attached hydrogen (secondary N) is 3. The molecule has 28 heavy (non-hydrogen) atoms. The Morgan fingerprint density at radius 2 is 1.79 bits per heavy atom. The van der Waals surface area contributed by atoms with Crippen LogP contribution in [0, 0.1) is 0 Å². The Kier molecular flexibility index (Phi) is 6.89. The van der Waals surface area contributed by atoms with Gasteiger partial charge in [0.1, 0.15) is 0 Å². The van der Waals surface area contributed by atoms with Gasteiger partial charge in [0, 0.05) is 38.9 Å². The van der Waals surface area contributed by atoms with E-state index in [4.69, 9.17) is 0 Å². The number of hydrogen-bond donors (Lipinski definition) is 3. The predicted octanol–water partition coefficient (Wildman–Crippen LogP) is 2.05. The second kappa shape index (κ2) is 9.78. The Bertz CT molecular complexity index is 816. The molecule has 0 radical (unpaired) electrons. The fraction of sp³-hybridized carbons (Fsp3) is 0.364. The van der Waals surface area contributed by atoms with Crippen molar-refractivity contribution in [3.05, 3.63) is 65.2 Å². The van der Waals surface area contributed by atoms with Gasteiger partial charge < -0.3 is 20.9 Å². The molecule has 1 amide bonds. The number of amides is 1. The Hall–Kier alpha value is -3.02. The summed E-state index contributed by atoms with van der Waals surface area (Å²) in [5.41, 5.74) is 4.90. The second-order valence-electron chi connectivity index (χ2n) is 6.84. The van der Waals surface area contributed by atoms with Crippen molar-refractivity contribution in [3.63, 3.8) is 0 Å². The van der Waals surface area contributed by atoms with Crippen LogP contribution in [-0.4, -0.2) is 38.5 Å². The number of carbonyl (C=O) groups is 1. The molecule has 1 aliphatic heterocycles. The van der Waals surface area contributed by atoms with Crippen molar-refractivity contribution in [2.45, 2.75) is 26.4 Å². The van der Waals surface area contributed by atoms with Crippen LogP contribution in [0.15, 0.2) is 53.5 Å². The third kappa shape index (κ3) is 5.25. The quantitative estimate of drug-likeness (QED) is 0.531. The third-order valence-electron chi connectivity index (χ3n) is 4.97. The van der Waals surface area contributed by atoms with Crippen LogP contribution in [0.1, 0.15) is 23.6 Å². The summed E-state index contributed by atoms with van der Waals surface area (Å²) in [5, 5.41) is 9.60. The molecule has 3 N–H and O–H groups in total. The Morgan fingerprint density at radius 1 is 1.07 bits per heavy atom. The van der Waals surface area contributed by atoms with Crippen molar-refractivity contribution >= 4 is 17.6 Å². The lowest BCUT2D eigenvalue weighted by molar-refractivity contribution is -0.120. The van der Waals surface area contributed by atoms with Gasteiger partial charge in [-0.15, -0.1) is 0 Å². The van der Waals surface area contributed by atoms with Crippen molar-refractivity contribution in [1.29, 1.82) is 0 Å². The van der Waals surface area contributed by atoms with E-state index in [-0.39, 0.29) is 5.91 Å². The molecule has 3 rings (SSSR count). The first-order chi connectivity index (χ1) is 13.7. The minimum absolute atomic E-state index is 0.0801. The molecule has 1 aliphatic rings. The number of benzene rings is 2. The van der Waals surface area contributed by atoms with Gasteiger partial charge in [-0.2, -0.15) is 0 Å². The highest BCUT2D eigenvalue weighted by Crippen LogP contribution is 2.16. The first-order valence-corrected chi connectivity index (χ1v) is 9.81. The smallest absolute Gasteiger partial charge is 0.239 e. The molecule has 0 aromatic heterocycles. The lowest BCUT2D eigenvalue weighted by Gasteiger charge is -2.28. The highest BCUT2D eigenvalue weighted by Gasteiger charge is 2.16. The first kappa shape index (κ1) is 19.7. The molecule has 2 aromatic rings. The molecule has 6 heteroatoms. The maximum Gasteiger partial charge on any atom is 0.239 e. The zero-order valence-corrected chi connectivity index (χ0v) is 16.7. The fourth-order valence-electron chi connectivity index (χ4n) is 3.34. The average Bonchev–Trinajstić information content (AvgIpc) is 2.74. The summed E-state index contributed by atoms with van der Waals surface area (Å²) >= 11 is 0. The van der Waals surface area contributed by atoms with Gasteiger partial charge in [-0.3, -0.25) is 9.79 Å². The first-order valence-electron chi connectivity index (χ1n) is 9.81. The zero-order valence-electron chi connectivity index (χ0n) is 16.7. The highest BCUT2D eigenvalue weighted by atomic mass is 16.2. The number of piperazine rings is 1. The predicted molar refractivity (Wildman–Crippen MR) is 115 cm³/mol. The zero-order chi connectivity index (χ0) is 19.8. The van der Waals surface area contributed by atoms with E-state index >= 15 is 0 Å². The molecule has 1 saturated heterocycles. The van der Waals surface area contributed by atoms with Crippen molar-refractivity contribution < 1.29 is 4.79 Å². The molecule has 0 unspecified atom stereocenters. The van der Waals surface area contributed by atoms with Crippen molar-refractivity contribution in [2.75, 3.05) is 31.6 Å². The minimum Gasteiger partial charge on any atom is -0.360 e. The molecule has 0 bridgehead atoms. The van der Waals surface area contributed by atoms with Gasteiger partial charge in [0.15, 0.2) is 5.96 Å². The standard InChI is InChI=1S/C22H29N5O/c1-3-18-6-4-5-7-19(18)15-26-22(23-2)25-14-17-8-10-20(11-9-17)27-13-12-24-21(28)16-27/h4-11H,3,12-16H2,1-2H3,(H,24,28)(H2,23,25,26). The van der Waals surface area contributed by atoms with Gasteiger partial charge in [0.05, 0.1) is 6.54 Å². The van der Waals surface area contributed by atoms with E-state index in [1.165, 1.54) is 16.7 Å². The summed E-state index contributed by atoms with van der Waals surface area (Å²) in [5.74, 6) is 0.860. The number of rotatable bonds is 6. The van der Waals surface area contributed by atoms with Gasteiger partial charge >= 0.3 is 0 Å². The molecule has 2 aromatic carbocycles. The van der Waals surface area contributed by atoms with Crippen molar-refractivity contribution in [3.8, 4) is 0 Å². The molecular weight excluding hydrogens is 350 g/mol. The van der Waals surface area contributed by atoms with E-state index in [1.807, 2.05) is 0 Å². The normalized spacial score (nSPS) is 14.6. The molecule has 1 heterocycles. The van der Waals surface area contributed by atoms with Gasteiger partial charge in [-0.1, -0.05) is 43.3 Å². The van der Waals surface area contributed by atoms with Crippen LogP contribution in [-0.2, 0) is 24.3 Å². The monoisotopic (exact) mass is 379 g/mol. The Labute approximate surface area is 167 Å². The van der Waals surface area contributed by atoms with Gasteiger partial charge in [-0.25, -0.2) is 0 Å². The van der Waals surface area contributed by atoms with Crippen LogP contribution in [0.4, 0.5) is 5.69 Å². The fourth-order valence-corrected chi connectivity index (χ4v) is 3.34. The van der Waals surface area contributed by atoms with E-state index in [9.17, 15) is 4.79 Å². The molecule has 6 nitrogen and oxygen atoms in total. The summed E-state index contributed by atoms with van der Waals surface area (Å²) in [6.45, 7) is 5.58. The topological polar surface area (TPSA) is 68.8 Å². The number of aryl methyl sites for hydroxylation is 1. The summed E-state index contributed by atoms with van der Waals surface area (Å²) in [7, 11) is 1.78. The minimum atomic E-state index is 0.0801. The van der Waals surface area contributed by atoms with Crippen LogP contribution in [0.3, 0.4) is 0 Å². The number of anilines is 1. The number of nitrogens with zero attached hydrogens (tertiary/aromatic N) is 2. The van der Waals surface area contributed by atoms with Gasteiger partial charge in [0.2, 0.25) is 5.91 Å². The lowest BCUT2D eigenvalue weighted by Crippen LogP contribution is -2.47. The lowest BCUT2D eigenvalue weighted by atomic mass is 10.1. The third-order valence-corrected chi connectivity index (χ3v) is 4.97. The second-order valence-corrected chi connectivity index (χ2v) is 6.84. The summed E-state index contributed by atoms with van der Waals surface area (Å²) in [6.07, 6.45) is 1.02. The van der Waals surface area contributed by atoms with Crippen molar-refractivity contribution in [1.82, 2.24) is 16.0 Å². The molecule has 1 fully saturated rings. The Balaban J connectivity index is 1.51.